The van der Waals surface area contributed by atoms with Gasteiger partial charge in [-0.15, -0.1) is 0 Å². The minimum Gasteiger partial charge on any atom is -0.398 e. The zero-order valence-corrected chi connectivity index (χ0v) is 12.7. The Morgan fingerprint density at radius 2 is 1.90 bits per heavy atom. The highest BCUT2D eigenvalue weighted by molar-refractivity contribution is 7.93. The molecule has 0 bridgehead atoms. The molecule has 2 aromatic carbocycles. The summed E-state index contributed by atoms with van der Waals surface area (Å²) in [6.07, 6.45) is 0. The Balaban J connectivity index is 2.57. The van der Waals surface area contributed by atoms with Gasteiger partial charge in [-0.25, -0.2) is 12.8 Å². The molecule has 21 heavy (non-hydrogen) atoms. The molecule has 0 fully saturated rings. The number of nitrogens with two attached hydrogens (primary N) is 1. The Morgan fingerprint density at radius 3 is 2.52 bits per heavy atom. The average Bonchev–Trinajstić information content (AvgIpc) is 2.42. The van der Waals surface area contributed by atoms with Crippen molar-refractivity contribution in [3.63, 3.8) is 0 Å². The molecule has 2 N–H and O–H groups in total. The number of rotatable bonds is 4. The highest BCUT2D eigenvalue weighted by Gasteiger charge is 2.26. The highest BCUT2D eigenvalue weighted by Crippen LogP contribution is 2.28. The van der Waals surface area contributed by atoms with E-state index in [1.807, 2.05) is 13.0 Å². The van der Waals surface area contributed by atoms with Crippen molar-refractivity contribution in [2.45, 2.75) is 18.7 Å². The Kier molecular flexibility index (Phi) is 4.18. The molecule has 0 radical (unpaired) electrons. The molecule has 0 aliphatic heterocycles. The first-order valence-corrected chi connectivity index (χ1v) is 7.94. The van der Waals surface area contributed by atoms with Crippen LogP contribution in [0.2, 0.25) is 0 Å². The van der Waals surface area contributed by atoms with E-state index in [9.17, 15) is 12.8 Å². The summed E-state index contributed by atoms with van der Waals surface area (Å²) in [4.78, 5) is -0.217. The van der Waals surface area contributed by atoms with Crippen LogP contribution in [0.4, 0.5) is 15.8 Å². The lowest BCUT2D eigenvalue weighted by Crippen LogP contribution is -2.31. The van der Waals surface area contributed by atoms with Crippen molar-refractivity contribution in [3.05, 3.63) is 53.8 Å². The van der Waals surface area contributed by atoms with Gasteiger partial charge in [-0.05, 0) is 49.7 Å². The standard InChI is InChI=1S/C15H17FN2O2S/c1-3-18(13-6-4-5-11(2)9-13)21(19,20)15-10-12(16)7-8-14(15)17/h4-10H,3,17H2,1-2H3. The highest BCUT2D eigenvalue weighted by atomic mass is 32.2. The van der Waals surface area contributed by atoms with Gasteiger partial charge in [0, 0.05) is 6.54 Å². The van der Waals surface area contributed by atoms with Crippen LogP contribution in [-0.4, -0.2) is 15.0 Å². The summed E-state index contributed by atoms with van der Waals surface area (Å²) < 4.78 is 40.0. The summed E-state index contributed by atoms with van der Waals surface area (Å²) in [5, 5.41) is 0. The number of benzene rings is 2. The first-order chi connectivity index (χ1) is 9.86. The van der Waals surface area contributed by atoms with E-state index in [2.05, 4.69) is 0 Å². The van der Waals surface area contributed by atoms with Crippen LogP contribution in [0.5, 0.6) is 0 Å². The van der Waals surface area contributed by atoms with Crippen molar-refractivity contribution in [1.82, 2.24) is 0 Å². The maximum Gasteiger partial charge on any atom is 0.266 e. The van der Waals surface area contributed by atoms with Gasteiger partial charge >= 0.3 is 0 Å². The molecule has 0 heterocycles. The van der Waals surface area contributed by atoms with Crippen molar-refractivity contribution in [1.29, 1.82) is 0 Å². The molecule has 0 aliphatic rings. The van der Waals surface area contributed by atoms with Gasteiger partial charge in [-0.1, -0.05) is 12.1 Å². The quantitative estimate of drug-likeness (QED) is 0.883. The first kappa shape index (κ1) is 15.3. The van der Waals surface area contributed by atoms with Gasteiger partial charge < -0.3 is 5.73 Å². The first-order valence-electron chi connectivity index (χ1n) is 6.50. The molecule has 0 saturated carbocycles. The molecular weight excluding hydrogens is 291 g/mol. The summed E-state index contributed by atoms with van der Waals surface area (Å²) in [5.74, 6) is -0.636. The molecule has 2 aromatic rings. The van der Waals surface area contributed by atoms with Crippen LogP contribution in [0.25, 0.3) is 0 Å². The number of anilines is 2. The van der Waals surface area contributed by atoms with E-state index in [1.165, 1.54) is 10.4 Å². The molecule has 0 saturated heterocycles. The summed E-state index contributed by atoms with van der Waals surface area (Å²) in [6.45, 7) is 3.82. The summed E-state index contributed by atoms with van der Waals surface area (Å²) in [5.41, 5.74) is 7.20. The fourth-order valence-corrected chi connectivity index (χ4v) is 3.72. The SMILES string of the molecule is CCN(c1cccc(C)c1)S(=O)(=O)c1cc(F)ccc1N. The molecule has 0 unspecified atom stereocenters. The lowest BCUT2D eigenvalue weighted by molar-refractivity contribution is 0.587. The number of aryl methyl sites for hydroxylation is 1. The molecule has 112 valence electrons. The zero-order valence-electron chi connectivity index (χ0n) is 11.9. The van der Waals surface area contributed by atoms with Gasteiger partial charge in [0.15, 0.2) is 0 Å². The van der Waals surface area contributed by atoms with Crippen LogP contribution in [0.1, 0.15) is 12.5 Å². The predicted octanol–water partition coefficient (Wildman–Crippen LogP) is 2.93. The number of hydrogen-bond donors (Lipinski definition) is 1. The van der Waals surface area contributed by atoms with Crippen molar-refractivity contribution in [2.75, 3.05) is 16.6 Å². The minimum atomic E-state index is -3.91. The van der Waals surface area contributed by atoms with Crippen LogP contribution in [0, 0.1) is 12.7 Å². The second-order valence-electron chi connectivity index (χ2n) is 4.69. The number of nitrogen functional groups attached to an aromatic ring is 1. The van der Waals surface area contributed by atoms with Crippen LogP contribution in [0.15, 0.2) is 47.4 Å². The predicted molar refractivity (Wildman–Crippen MR) is 82.2 cm³/mol. The maximum atomic E-state index is 13.4. The van der Waals surface area contributed by atoms with Crippen LogP contribution < -0.4 is 10.0 Å². The van der Waals surface area contributed by atoms with Crippen molar-refractivity contribution < 1.29 is 12.8 Å². The monoisotopic (exact) mass is 308 g/mol. The lowest BCUT2D eigenvalue weighted by atomic mass is 10.2. The maximum absolute atomic E-state index is 13.4. The molecule has 4 nitrogen and oxygen atoms in total. The topological polar surface area (TPSA) is 63.4 Å². The van der Waals surface area contributed by atoms with Gasteiger partial charge in [0.2, 0.25) is 0 Å². The van der Waals surface area contributed by atoms with Gasteiger partial charge in [0.25, 0.3) is 10.0 Å². The van der Waals surface area contributed by atoms with Crippen LogP contribution in [0.3, 0.4) is 0 Å². The van der Waals surface area contributed by atoms with E-state index in [1.54, 1.807) is 25.1 Å². The fraction of sp³-hybridized carbons (Fsp3) is 0.200. The van der Waals surface area contributed by atoms with Gasteiger partial charge in [0.1, 0.15) is 10.7 Å². The Bertz CT molecular complexity index is 760. The minimum absolute atomic E-state index is 0.0301. The number of sulfonamides is 1. The van der Waals surface area contributed by atoms with Crippen molar-refractivity contribution in [3.8, 4) is 0 Å². The Labute approximate surface area is 124 Å². The summed E-state index contributed by atoms with van der Waals surface area (Å²) >= 11 is 0. The number of hydrogen-bond acceptors (Lipinski definition) is 3. The van der Waals surface area contributed by atoms with E-state index in [0.717, 1.165) is 17.7 Å². The molecular formula is C15H17FN2O2S. The molecule has 0 aromatic heterocycles. The molecule has 0 aliphatic carbocycles. The zero-order chi connectivity index (χ0) is 15.6. The molecule has 0 spiro atoms. The third-order valence-electron chi connectivity index (χ3n) is 3.12. The third kappa shape index (κ3) is 3.00. The molecule has 6 heteroatoms. The summed E-state index contributed by atoms with van der Waals surface area (Å²) in [6, 6.07) is 10.4. The smallest absolute Gasteiger partial charge is 0.266 e. The van der Waals surface area contributed by atoms with E-state index >= 15 is 0 Å². The lowest BCUT2D eigenvalue weighted by Gasteiger charge is -2.24. The van der Waals surface area contributed by atoms with E-state index in [-0.39, 0.29) is 17.1 Å². The molecule has 0 amide bonds. The van der Waals surface area contributed by atoms with E-state index in [0.29, 0.717) is 5.69 Å². The Hall–Kier alpha value is -2.08. The van der Waals surface area contributed by atoms with Crippen LogP contribution >= 0.6 is 0 Å². The second-order valence-corrected chi connectivity index (χ2v) is 6.52. The van der Waals surface area contributed by atoms with E-state index in [4.69, 9.17) is 5.73 Å². The largest absolute Gasteiger partial charge is 0.398 e. The molecule has 0 atom stereocenters. The van der Waals surface area contributed by atoms with Gasteiger partial charge in [0.05, 0.1) is 11.4 Å². The number of nitrogens with zero attached hydrogens (tertiary/aromatic N) is 1. The molecule has 2 rings (SSSR count). The average molecular weight is 308 g/mol. The fourth-order valence-electron chi connectivity index (χ4n) is 2.12. The Morgan fingerprint density at radius 1 is 1.19 bits per heavy atom. The number of halogens is 1. The third-order valence-corrected chi connectivity index (χ3v) is 5.08. The normalized spacial score (nSPS) is 11.4. The van der Waals surface area contributed by atoms with Gasteiger partial charge in [-0.2, -0.15) is 0 Å². The van der Waals surface area contributed by atoms with Crippen molar-refractivity contribution >= 4 is 21.4 Å². The summed E-state index contributed by atoms with van der Waals surface area (Å²) in [7, 11) is -3.91. The van der Waals surface area contributed by atoms with Crippen LogP contribution in [-0.2, 0) is 10.0 Å². The van der Waals surface area contributed by atoms with Crippen molar-refractivity contribution in [2.24, 2.45) is 0 Å². The van der Waals surface area contributed by atoms with E-state index < -0.39 is 15.8 Å². The second kappa shape index (κ2) is 5.73. The van der Waals surface area contributed by atoms with Gasteiger partial charge in [-0.3, -0.25) is 4.31 Å².